The van der Waals surface area contributed by atoms with Gasteiger partial charge in [0.25, 0.3) is 0 Å². The molecule has 0 aromatic heterocycles. The molecule has 1 fully saturated rings. The fraction of sp³-hybridized carbons (Fsp3) is 0.333. The Labute approximate surface area is 137 Å². The largest absolute Gasteiger partial charge is 0.311 e. The Bertz CT molecular complexity index is 597. The number of alkyl halides is 1. The smallest absolute Gasteiger partial charge is 0.174 e. The lowest BCUT2D eigenvalue weighted by Crippen LogP contribution is -2.40. The van der Waals surface area contributed by atoms with E-state index in [1.165, 1.54) is 6.42 Å². The second-order valence-corrected chi connectivity index (χ2v) is 9.29. The van der Waals surface area contributed by atoms with Crippen LogP contribution in [-0.2, 0) is 4.57 Å². The molecule has 116 valence electrons. The van der Waals surface area contributed by atoms with Crippen LogP contribution in [0.3, 0.4) is 0 Å². The van der Waals surface area contributed by atoms with Crippen molar-refractivity contribution < 1.29 is 4.57 Å². The van der Waals surface area contributed by atoms with Crippen LogP contribution in [-0.4, -0.2) is 23.2 Å². The predicted molar refractivity (Wildman–Crippen MR) is 94.8 cm³/mol. The fourth-order valence-electron chi connectivity index (χ4n) is 3.06. The second-order valence-electron chi connectivity index (χ2n) is 5.74. The molecule has 0 bridgehead atoms. The summed E-state index contributed by atoms with van der Waals surface area (Å²) in [5.74, 6) is 0. The van der Waals surface area contributed by atoms with Crippen LogP contribution >= 0.6 is 18.7 Å². The van der Waals surface area contributed by atoms with Crippen molar-refractivity contribution >= 4 is 29.4 Å². The normalized spacial score (nSPS) is 18.0. The molecule has 4 heteroatoms. The first-order valence-corrected chi connectivity index (χ1v) is 10.0. The fourth-order valence-corrected chi connectivity index (χ4v) is 6.64. The SMILES string of the molecule is O=P(c1ccccc1)(c1ccccc1)C(Cl)N1CCCCC1. The van der Waals surface area contributed by atoms with E-state index < -0.39 is 12.4 Å². The number of likely N-dealkylation sites (tertiary alicyclic amines) is 1. The first kappa shape index (κ1) is 15.8. The molecule has 1 atom stereocenters. The van der Waals surface area contributed by atoms with Crippen molar-refractivity contribution in [2.24, 2.45) is 0 Å². The maximum absolute atomic E-state index is 14.0. The average Bonchev–Trinajstić information content (AvgIpc) is 2.62. The Kier molecular flexibility index (Phi) is 5.03. The van der Waals surface area contributed by atoms with Crippen LogP contribution in [0.25, 0.3) is 0 Å². The number of hydrogen-bond acceptors (Lipinski definition) is 2. The third kappa shape index (κ3) is 3.01. The lowest BCUT2D eigenvalue weighted by atomic mass is 10.1. The summed E-state index contributed by atoms with van der Waals surface area (Å²) < 4.78 is 14.0. The number of halogens is 1. The highest BCUT2D eigenvalue weighted by atomic mass is 35.5. The lowest BCUT2D eigenvalue weighted by molar-refractivity contribution is 0.244. The van der Waals surface area contributed by atoms with Crippen molar-refractivity contribution in [3.8, 4) is 0 Å². The third-order valence-corrected chi connectivity index (χ3v) is 8.43. The van der Waals surface area contributed by atoms with Gasteiger partial charge in [0, 0.05) is 10.6 Å². The number of hydrogen-bond donors (Lipinski definition) is 0. The molecule has 1 aliphatic heterocycles. The number of benzene rings is 2. The van der Waals surface area contributed by atoms with E-state index in [0.29, 0.717) is 0 Å². The summed E-state index contributed by atoms with van der Waals surface area (Å²) in [4.78, 5) is 2.19. The Morgan fingerprint density at radius 1 is 0.818 bits per heavy atom. The van der Waals surface area contributed by atoms with E-state index in [2.05, 4.69) is 4.90 Å². The van der Waals surface area contributed by atoms with E-state index >= 15 is 0 Å². The highest BCUT2D eigenvalue weighted by molar-refractivity contribution is 7.80. The number of piperidine rings is 1. The summed E-state index contributed by atoms with van der Waals surface area (Å²) in [6.07, 6.45) is 3.50. The minimum absolute atomic E-state index is 0.474. The Morgan fingerprint density at radius 3 is 1.73 bits per heavy atom. The highest BCUT2D eigenvalue weighted by Gasteiger charge is 2.39. The van der Waals surface area contributed by atoms with Gasteiger partial charge in [-0.2, -0.15) is 0 Å². The molecular weight excluding hydrogens is 313 g/mol. The molecule has 0 radical (unpaired) electrons. The first-order valence-electron chi connectivity index (χ1n) is 7.82. The number of nitrogens with zero attached hydrogens (tertiary/aromatic N) is 1. The van der Waals surface area contributed by atoms with Gasteiger partial charge in [-0.3, -0.25) is 4.90 Å². The summed E-state index contributed by atoms with van der Waals surface area (Å²) in [6, 6.07) is 19.4. The summed E-state index contributed by atoms with van der Waals surface area (Å²) in [5, 5.41) is 1.20. The molecule has 0 amide bonds. The Hall–Kier alpha value is -1.08. The molecule has 1 saturated heterocycles. The lowest BCUT2D eigenvalue weighted by Gasteiger charge is -2.35. The van der Waals surface area contributed by atoms with Crippen LogP contribution in [0.5, 0.6) is 0 Å². The minimum atomic E-state index is -2.89. The second kappa shape index (κ2) is 7.00. The van der Waals surface area contributed by atoms with Crippen LogP contribution < -0.4 is 10.6 Å². The summed E-state index contributed by atoms with van der Waals surface area (Å²) in [6.45, 7) is 1.86. The zero-order valence-electron chi connectivity index (χ0n) is 12.6. The van der Waals surface area contributed by atoms with Crippen LogP contribution in [0.4, 0.5) is 0 Å². The molecule has 1 unspecified atom stereocenters. The van der Waals surface area contributed by atoms with Gasteiger partial charge in [0.05, 0.1) is 0 Å². The van der Waals surface area contributed by atoms with Gasteiger partial charge in [-0.15, -0.1) is 0 Å². The van der Waals surface area contributed by atoms with Gasteiger partial charge in [-0.05, 0) is 25.9 Å². The van der Waals surface area contributed by atoms with Crippen molar-refractivity contribution in [3.05, 3.63) is 60.7 Å². The molecular formula is C18H21ClNOP. The monoisotopic (exact) mass is 333 g/mol. The maximum Gasteiger partial charge on any atom is 0.174 e. The summed E-state index contributed by atoms with van der Waals surface area (Å²) >= 11 is 6.80. The molecule has 2 nitrogen and oxygen atoms in total. The molecule has 3 rings (SSSR count). The van der Waals surface area contributed by atoms with Crippen molar-refractivity contribution in [1.82, 2.24) is 4.90 Å². The number of rotatable bonds is 4. The summed E-state index contributed by atoms with van der Waals surface area (Å²) in [5.41, 5.74) is 0. The van der Waals surface area contributed by atoms with Gasteiger partial charge in [-0.1, -0.05) is 78.7 Å². The molecule has 0 spiro atoms. The molecule has 1 aliphatic rings. The average molecular weight is 334 g/mol. The molecule has 0 N–H and O–H groups in total. The van der Waals surface area contributed by atoms with E-state index in [9.17, 15) is 4.57 Å². The van der Waals surface area contributed by atoms with Crippen molar-refractivity contribution in [1.29, 1.82) is 0 Å². The van der Waals surface area contributed by atoms with Gasteiger partial charge in [0.2, 0.25) is 0 Å². The Balaban J connectivity index is 2.05. The standard InChI is InChI=1S/C18H21ClNOP/c19-18(20-14-8-3-9-15-20)22(21,16-10-4-1-5-11-16)17-12-6-2-7-13-17/h1-2,4-7,10-13,18H,3,8-9,14-15H2. The summed E-state index contributed by atoms with van der Waals surface area (Å²) in [7, 11) is -2.89. The molecule has 2 aromatic carbocycles. The van der Waals surface area contributed by atoms with Gasteiger partial charge in [0.15, 0.2) is 7.14 Å². The van der Waals surface area contributed by atoms with E-state index in [0.717, 1.165) is 36.5 Å². The molecule has 1 heterocycles. The van der Waals surface area contributed by atoms with Crippen molar-refractivity contribution in [2.45, 2.75) is 24.5 Å². The zero-order chi connectivity index (χ0) is 15.4. The maximum atomic E-state index is 14.0. The van der Waals surface area contributed by atoms with E-state index in [1.807, 2.05) is 60.7 Å². The highest BCUT2D eigenvalue weighted by Crippen LogP contribution is 2.52. The molecule has 2 aromatic rings. The molecule has 22 heavy (non-hydrogen) atoms. The minimum Gasteiger partial charge on any atom is -0.311 e. The van der Waals surface area contributed by atoms with E-state index in [1.54, 1.807) is 0 Å². The van der Waals surface area contributed by atoms with Crippen LogP contribution in [0.2, 0.25) is 0 Å². The van der Waals surface area contributed by atoms with Crippen molar-refractivity contribution in [3.63, 3.8) is 0 Å². The van der Waals surface area contributed by atoms with E-state index in [-0.39, 0.29) is 0 Å². The van der Waals surface area contributed by atoms with Crippen LogP contribution in [0.15, 0.2) is 60.7 Å². The topological polar surface area (TPSA) is 20.3 Å². The Morgan fingerprint density at radius 2 is 1.27 bits per heavy atom. The van der Waals surface area contributed by atoms with Gasteiger partial charge < -0.3 is 4.57 Å². The molecule has 0 saturated carbocycles. The third-order valence-electron chi connectivity index (χ3n) is 4.27. The molecule has 0 aliphatic carbocycles. The van der Waals surface area contributed by atoms with Gasteiger partial charge >= 0.3 is 0 Å². The quantitative estimate of drug-likeness (QED) is 0.479. The van der Waals surface area contributed by atoms with Gasteiger partial charge in [-0.25, -0.2) is 0 Å². The first-order chi connectivity index (χ1) is 10.7. The van der Waals surface area contributed by atoms with Crippen LogP contribution in [0, 0.1) is 0 Å². The van der Waals surface area contributed by atoms with Crippen LogP contribution in [0.1, 0.15) is 19.3 Å². The predicted octanol–water partition coefficient (Wildman–Crippen LogP) is 4.01. The zero-order valence-corrected chi connectivity index (χ0v) is 14.2. The van der Waals surface area contributed by atoms with Gasteiger partial charge in [0.1, 0.15) is 5.24 Å². The van der Waals surface area contributed by atoms with E-state index in [4.69, 9.17) is 11.6 Å². The van der Waals surface area contributed by atoms with Crippen molar-refractivity contribution in [2.75, 3.05) is 13.1 Å².